The lowest BCUT2D eigenvalue weighted by Crippen LogP contribution is -2.34. The number of carbonyl (C=O) groups is 1. The van der Waals surface area contributed by atoms with Gasteiger partial charge in [0.25, 0.3) is 0 Å². The fourth-order valence-corrected chi connectivity index (χ4v) is 2.27. The Morgan fingerprint density at radius 2 is 2.11 bits per heavy atom. The molecule has 0 spiro atoms. The average Bonchev–Trinajstić information content (AvgIpc) is 2.36. The van der Waals surface area contributed by atoms with Crippen LogP contribution in [-0.2, 0) is 14.8 Å². The quantitative estimate of drug-likeness (QED) is 0.400. The molecule has 0 bridgehead atoms. The second-order valence-electron chi connectivity index (χ2n) is 3.76. The minimum Gasteiger partial charge on any atom is -0.399 e. The van der Waals surface area contributed by atoms with Crippen molar-refractivity contribution in [1.82, 2.24) is 4.72 Å². The van der Waals surface area contributed by atoms with Gasteiger partial charge in [0.2, 0.25) is 15.9 Å². The highest BCUT2D eigenvalue weighted by atomic mass is 32.2. The summed E-state index contributed by atoms with van der Waals surface area (Å²) in [6.45, 7) is -0.203. The van der Waals surface area contributed by atoms with Crippen LogP contribution >= 0.6 is 0 Å². The lowest BCUT2D eigenvalue weighted by Gasteiger charge is -2.14. The Labute approximate surface area is 110 Å². The molecule has 9 heteroatoms. The number of benzene rings is 1. The minimum absolute atomic E-state index is 0.0772. The third-order valence-electron chi connectivity index (χ3n) is 2.38. The Morgan fingerprint density at radius 3 is 2.63 bits per heavy atom. The summed E-state index contributed by atoms with van der Waals surface area (Å²) >= 11 is 0. The molecule has 0 heterocycles. The summed E-state index contributed by atoms with van der Waals surface area (Å²) in [6.07, 6.45) is -1.41. The summed E-state index contributed by atoms with van der Waals surface area (Å²) in [4.78, 5) is 10.6. The summed E-state index contributed by atoms with van der Waals surface area (Å²) in [5, 5.41) is 11.9. The molecule has 1 aromatic carbocycles. The molecule has 0 aliphatic carbocycles. The minimum atomic E-state index is -3.71. The van der Waals surface area contributed by atoms with Crippen molar-refractivity contribution in [1.29, 1.82) is 0 Å². The third kappa shape index (κ3) is 3.81. The van der Waals surface area contributed by atoms with Gasteiger partial charge >= 0.3 is 0 Å². The summed E-state index contributed by atoms with van der Waals surface area (Å²) < 4.78 is 25.7. The van der Waals surface area contributed by atoms with Crippen molar-refractivity contribution in [2.24, 2.45) is 5.73 Å². The molecule has 8 nitrogen and oxygen atoms in total. The molecule has 1 atom stereocenters. The fourth-order valence-electron chi connectivity index (χ4n) is 1.32. The summed E-state index contributed by atoms with van der Waals surface area (Å²) in [6, 6.07) is 4.20. The first-order valence-corrected chi connectivity index (χ1v) is 6.80. The summed E-state index contributed by atoms with van der Waals surface area (Å²) in [5.74, 6) is -0.902. The van der Waals surface area contributed by atoms with Gasteiger partial charge in [-0.2, -0.15) is 0 Å². The molecule has 0 saturated heterocycles. The zero-order valence-corrected chi connectivity index (χ0v) is 11.1. The number of anilines is 2. The molecule has 1 rings (SSSR count). The number of nitrogens with one attached hydrogen (secondary N) is 2. The van der Waals surface area contributed by atoms with E-state index in [2.05, 4.69) is 10.0 Å². The Bertz CT molecular complexity index is 573. The van der Waals surface area contributed by atoms with E-state index < -0.39 is 22.0 Å². The van der Waals surface area contributed by atoms with Crippen LogP contribution in [0.2, 0.25) is 0 Å². The standard InChI is InChI=1S/C10H16N4O4S/c1-13-19(17,18)9-4-6(11)2-3-7(9)14-5-8(15)10(12)16/h2-4,8,13-15H,5,11H2,1H3,(H2,12,16). The number of nitrogen functional groups attached to an aromatic ring is 1. The molecule has 0 aliphatic heterocycles. The lowest BCUT2D eigenvalue weighted by molar-refractivity contribution is -0.125. The molecule has 0 aromatic heterocycles. The Balaban J connectivity index is 3.05. The first kappa shape index (κ1) is 15.2. The second kappa shape index (κ2) is 5.87. The van der Waals surface area contributed by atoms with Crippen molar-refractivity contribution in [3.05, 3.63) is 18.2 Å². The summed E-state index contributed by atoms with van der Waals surface area (Å²) in [7, 11) is -2.45. The average molecular weight is 288 g/mol. The summed E-state index contributed by atoms with van der Waals surface area (Å²) in [5.41, 5.74) is 10.9. The Morgan fingerprint density at radius 1 is 1.47 bits per heavy atom. The molecule has 0 aliphatic rings. The monoisotopic (exact) mass is 288 g/mol. The van der Waals surface area contributed by atoms with Crippen molar-refractivity contribution >= 4 is 27.3 Å². The van der Waals surface area contributed by atoms with Crippen LogP contribution < -0.4 is 21.5 Å². The van der Waals surface area contributed by atoms with Crippen molar-refractivity contribution in [2.75, 3.05) is 24.6 Å². The molecule has 0 fully saturated rings. The molecule has 1 amide bonds. The molecule has 1 aromatic rings. The van der Waals surface area contributed by atoms with E-state index in [1.54, 1.807) is 0 Å². The third-order valence-corrected chi connectivity index (χ3v) is 3.83. The number of hydrogen-bond donors (Lipinski definition) is 5. The predicted octanol–water partition coefficient (Wildman–Crippen LogP) is -1.56. The molecular weight excluding hydrogens is 272 g/mol. The molecule has 0 saturated carbocycles. The van der Waals surface area contributed by atoms with E-state index >= 15 is 0 Å². The van der Waals surface area contributed by atoms with Crippen LogP contribution in [0.4, 0.5) is 11.4 Å². The highest BCUT2D eigenvalue weighted by Crippen LogP contribution is 2.23. The van der Waals surface area contributed by atoms with Crippen molar-refractivity contribution < 1.29 is 18.3 Å². The van der Waals surface area contributed by atoms with Gasteiger partial charge < -0.3 is 21.9 Å². The first-order chi connectivity index (χ1) is 8.77. The van der Waals surface area contributed by atoms with Gasteiger partial charge in [-0.25, -0.2) is 13.1 Å². The predicted molar refractivity (Wildman–Crippen MR) is 70.8 cm³/mol. The van der Waals surface area contributed by atoms with Crippen molar-refractivity contribution in [3.63, 3.8) is 0 Å². The van der Waals surface area contributed by atoms with E-state index in [0.717, 1.165) is 0 Å². The lowest BCUT2D eigenvalue weighted by atomic mass is 10.2. The second-order valence-corrected chi connectivity index (χ2v) is 5.62. The van der Waals surface area contributed by atoms with Gasteiger partial charge in [0.1, 0.15) is 11.0 Å². The van der Waals surface area contributed by atoms with Gasteiger partial charge in [-0.15, -0.1) is 0 Å². The number of carbonyl (C=O) groups excluding carboxylic acids is 1. The van der Waals surface area contributed by atoms with Crippen LogP contribution in [-0.4, -0.2) is 39.1 Å². The van der Waals surface area contributed by atoms with Crippen LogP contribution in [0.1, 0.15) is 0 Å². The Hall–Kier alpha value is -1.84. The van der Waals surface area contributed by atoms with Crippen molar-refractivity contribution in [2.45, 2.75) is 11.0 Å². The van der Waals surface area contributed by atoms with E-state index in [4.69, 9.17) is 11.5 Å². The van der Waals surface area contributed by atoms with Crippen LogP contribution in [0.3, 0.4) is 0 Å². The first-order valence-electron chi connectivity index (χ1n) is 5.32. The van der Waals surface area contributed by atoms with E-state index in [9.17, 15) is 18.3 Å². The van der Waals surface area contributed by atoms with Gasteiger partial charge in [0.05, 0.1) is 5.69 Å². The number of aliphatic hydroxyl groups is 1. The van der Waals surface area contributed by atoms with Gasteiger partial charge in [-0.1, -0.05) is 0 Å². The molecule has 1 unspecified atom stereocenters. The molecule has 19 heavy (non-hydrogen) atoms. The van der Waals surface area contributed by atoms with Crippen LogP contribution in [0.15, 0.2) is 23.1 Å². The largest absolute Gasteiger partial charge is 0.399 e. The maximum atomic E-state index is 11.8. The number of amides is 1. The molecular formula is C10H16N4O4S. The molecule has 7 N–H and O–H groups in total. The maximum absolute atomic E-state index is 11.8. The number of sulfonamides is 1. The number of nitrogens with two attached hydrogens (primary N) is 2. The van der Waals surface area contributed by atoms with Gasteiger partial charge in [-0.3, -0.25) is 4.79 Å². The van der Waals surface area contributed by atoms with Gasteiger partial charge in [0, 0.05) is 12.2 Å². The molecule has 0 radical (unpaired) electrons. The highest BCUT2D eigenvalue weighted by molar-refractivity contribution is 7.89. The van der Waals surface area contributed by atoms with E-state index in [1.807, 2.05) is 0 Å². The highest BCUT2D eigenvalue weighted by Gasteiger charge is 2.18. The Kier molecular flexibility index (Phi) is 4.70. The zero-order chi connectivity index (χ0) is 14.6. The van der Waals surface area contributed by atoms with Gasteiger partial charge in [-0.05, 0) is 25.2 Å². The van der Waals surface area contributed by atoms with E-state index in [-0.39, 0.29) is 22.8 Å². The van der Waals surface area contributed by atoms with Crippen LogP contribution in [0.25, 0.3) is 0 Å². The fraction of sp³-hybridized carbons (Fsp3) is 0.300. The van der Waals surface area contributed by atoms with Crippen LogP contribution in [0, 0.1) is 0 Å². The number of rotatable bonds is 6. The van der Waals surface area contributed by atoms with Crippen molar-refractivity contribution in [3.8, 4) is 0 Å². The molecule has 106 valence electrons. The maximum Gasteiger partial charge on any atom is 0.248 e. The topological polar surface area (TPSA) is 148 Å². The van der Waals surface area contributed by atoms with E-state index in [0.29, 0.717) is 0 Å². The SMILES string of the molecule is CNS(=O)(=O)c1cc(N)ccc1NCC(O)C(N)=O. The number of primary amides is 1. The number of hydrogen-bond acceptors (Lipinski definition) is 6. The zero-order valence-electron chi connectivity index (χ0n) is 10.3. The smallest absolute Gasteiger partial charge is 0.248 e. The van der Waals surface area contributed by atoms with Gasteiger partial charge in [0.15, 0.2) is 0 Å². The number of aliphatic hydroxyl groups excluding tert-OH is 1. The van der Waals surface area contributed by atoms with Crippen LogP contribution in [0.5, 0.6) is 0 Å². The van der Waals surface area contributed by atoms with E-state index in [1.165, 1.54) is 25.2 Å². The normalized spacial score (nSPS) is 12.9.